The maximum atomic E-state index is 13.5. The number of ether oxygens (including phenoxy) is 1. The smallest absolute Gasteiger partial charge is 0.171 e. The molecule has 0 bridgehead atoms. The molecule has 0 saturated heterocycles. The van der Waals surface area contributed by atoms with Crippen molar-refractivity contribution in [2.45, 2.75) is 0 Å². The van der Waals surface area contributed by atoms with Crippen LogP contribution in [0.5, 0.6) is 11.5 Å². The molecule has 0 aromatic heterocycles. The van der Waals surface area contributed by atoms with Crippen molar-refractivity contribution in [3.63, 3.8) is 0 Å². The van der Waals surface area contributed by atoms with Gasteiger partial charge in [0.15, 0.2) is 11.6 Å². The Morgan fingerprint density at radius 1 is 1.12 bits per heavy atom. The Morgan fingerprint density at radius 2 is 1.76 bits per heavy atom. The topological polar surface area (TPSA) is 35.2 Å². The molecule has 0 radical (unpaired) electrons. The van der Waals surface area contributed by atoms with Gasteiger partial charge in [-0.1, -0.05) is 41.4 Å². The van der Waals surface area contributed by atoms with Gasteiger partial charge in [0, 0.05) is 0 Å². The van der Waals surface area contributed by atoms with Gasteiger partial charge in [-0.2, -0.15) is 0 Å². The van der Waals surface area contributed by atoms with Crippen LogP contribution in [0.25, 0.3) is 0 Å². The minimum absolute atomic E-state index is 0.0692. The van der Waals surface area contributed by atoms with Crippen molar-refractivity contribution in [3.8, 4) is 11.5 Å². The van der Waals surface area contributed by atoms with E-state index in [1.54, 1.807) is 24.3 Å². The fourth-order valence-electron chi connectivity index (χ4n) is 1.31. The normalized spacial score (nSPS) is 10.3. The molecule has 0 saturated carbocycles. The third-order valence-electron chi connectivity index (χ3n) is 2.11. The highest BCUT2D eigenvalue weighted by molar-refractivity contribution is 6.36. The second kappa shape index (κ2) is 4.82. The van der Waals surface area contributed by atoms with E-state index in [0.29, 0.717) is 5.75 Å². The zero-order chi connectivity index (χ0) is 12.4. The Balaban J connectivity index is 2.43. The Kier molecular flexibility index (Phi) is 3.41. The fourth-order valence-corrected chi connectivity index (χ4v) is 1.82. The van der Waals surface area contributed by atoms with Crippen LogP contribution < -0.4 is 10.5 Å². The number of halogens is 3. The zero-order valence-corrected chi connectivity index (χ0v) is 10.1. The van der Waals surface area contributed by atoms with E-state index in [1.165, 1.54) is 6.07 Å². The maximum Gasteiger partial charge on any atom is 0.171 e. The van der Waals surface area contributed by atoms with Crippen LogP contribution in [-0.4, -0.2) is 0 Å². The van der Waals surface area contributed by atoms with E-state index in [4.69, 9.17) is 33.7 Å². The number of nitrogens with two attached hydrogens (primary N) is 1. The van der Waals surface area contributed by atoms with Crippen molar-refractivity contribution in [1.29, 1.82) is 0 Å². The monoisotopic (exact) mass is 271 g/mol. The van der Waals surface area contributed by atoms with Crippen LogP contribution in [0.3, 0.4) is 0 Å². The molecule has 17 heavy (non-hydrogen) atoms. The summed E-state index contributed by atoms with van der Waals surface area (Å²) < 4.78 is 18.9. The Morgan fingerprint density at radius 3 is 2.41 bits per heavy atom. The van der Waals surface area contributed by atoms with Gasteiger partial charge < -0.3 is 10.5 Å². The van der Waals surface area contributed by atoms with Gasteiger partial charge >= 0.3 is 0 Å². The van der Waals surface area contributed by atoms with E-state index in [2.05, 4.69) is 0 Å². The van der Waals surface area contributed by atoms with Crippen LogP contribution in [-0.2, 0) is 0 Å². The minimum Gasteiger partial charge on any atom is -0.454 e. The standard InChI is InChI=1S/C12H8Cl2FNO/c13-8-6-9(16)12(10(14)11(8)15)17-7-4-2-1-3-5-7/h1-6H,16H2. The average molecular weight is 272 g/mol. The number of rotatable bonds is 2. The van der Waals surface area contributed by atoms with E-state index < -0.39 is 5.82 Å². The lowest BCUT2D eigenvalue weighted by Gasteiger charge is -2.11. The number of hydrogen-bond donors (Lipinski definition) is 1. The molecule has 0 fully saturated rings. The summed E-state index contributed by atoms with van der Waals surface area (Å²) in [7, 11) is 0. The molecule has 0 aliphatic heterocycles. The molecular formula is C12H8Cl2FNO. The fraction of sp³-hybridized carbons (Fsp3) is 0. The molecule has 2 aromatic carbocycles. The van der Waals surface area contributed by atoms with E-state index in [-0.39, 0.29) is 21.5 Å². The lowest BCUT2D eigenvalue weighted by molar-refractivity contribution is 0.479. The molecule has 0 aliphatic carbocycles. The quantitative estimate of drug-likeness (QED) is 0.645. The summed E-state index contributed by atoms with van der Waals surface area (Å²) in [4.78, 5) is 0. The Hall–Kier alpha value is -1.45. The van der Waals surface area contributed by atoms with Crippen LogP contribution in [0.4, 0.5) is 10.1 Å². The molecule has 0 aliphatic rings. The summed E-state index contributed by atoms with van der Waals surface area (Å²) in [5.41, 5.74) is 5.86. The number of nitrogen functional groups attached to an aromatic ring is 1. The predicted molar refractivity (Wildman–Crippen MR) is 67.3 cm³/mol. The molecule has 88 valence electrons. The van der Waals surface area contributed by atoms with Gasteiger partial charge in [0.05, 0.1) is 10.7 Å². The summed E-state index contributed by atoms with van der Waals surface area (Å²) in [5, 5.41) is -0.355. The summed E-state index contributed by atoms with van der Waals surface area (Å²) in [6, 6.07) is 10.1. The van der Waals surface area contributed by atoms with Crippen molar-refractivity contribution >= 4 is 28.9 Å². The van der Waals surface area contributed by atoms with E-state index >= 15 is 0 Å². The molecule has 2 N–H and O–H groups in total. The summed E-state index contributed by atoms with van der Waals surface area (Å²) in [6.45, 7) is 0. The minimum atomic E-state index is -0.742. The largest absolute Gasteiger partial charge is 0.454 e. The number of anilines is 1. The van der Waals surface area contributed by atoms with E-state index in [9.17, 15) is 4.39 Å². The molecule has 0 heterocycles. The third-order valence-corrected chi connectivity index (χ3v) is 2.72. The SMILES string of the molecule is Nc1cc(Cl)c(F)c(Cl)c1Oc1ccccc1. The van der Waals surface area contributed by atoms with Crippen LogP contribution in [0.2, 0.25) is 10.0 Å². The lowest BCUT2D eigenvalue weighted by atomic mass is 10.3. The molecule has 0 amide bonds. The maximum absolute atomic E-state index is 13.5. The highest BCUT2D eigenvalue weighted by Crippen LogP contribution is 2.39. The summed E-state index contributed by atoms with van der Waals surface area (Å²) >= 11 is 11.4. The first-order valence-electron chi connectivity index (χ1n) is 4.75. The van der Waals surface area contributed by atoms with Crippen molar-refractivity contribution in [3.05, 3.63) is 52.3 Å². The van der Waals surface area contributed by atoms with Crippen LogP contribution in [0.15, 0.2) is 36.4 Å². The van der Waals surface area contributed by atoms with Gasteiger partial charge in [0.25, 0.3) is 0 Å². The molecule has 2 rings (SSSR count). The van der Waals surface area contributed by atoms with Crippen molar-refractivity contribution in [2.24, 2.45) is 0 Å². The first kappa shape index (κ1) is 12.0. The second-order valence-electron chi connectivity index (χ2n) is 3.32. The Labute approximate surface area is 108 Å². The average Bonchev–Trinajstić information content (AvgIpc) is 2.33. The van der Waals surface area contributed by atoms with Crippen molar-refractivity contribution in [2.75, 3.05) is 5.73 Å². The summed E-state index contributed by atoms with van der Waals surface area (Å²) in [6.07, 6.45) is 0. The van der Waals surface area contributed by atoms with Gasteiger partial charge in [-0.15, -0.1) is 0 Å². The predicted octanol–water partition coefficient (Wildman–Crippen LogP) is 4.51. The summed E-state index contributed by atoms with van der Waals surface area (Å²) in [5.74, 6) is -0.156. The molecule has 0 unspecified atom stereocenters. The molecule has 2 aromatic rings. The first-order valence-corrected chi connectivity index (χ1v) is 5.51. The van der Waals surface area contributed by atoms with Gasteiger partial charge in [0.2, 0.25) is 0 Å². The van der Waals surface area contributed by atoms with Crippen LogP contribution in [0.1, 0.15) is 0 Å². The number of benzene rings is 2. The number of hydrogen-bond acceptors (Lipinski definition) is 2. The molecule has 5 heteroatoms. The van der Waals surface area contributed by atoms with Gasteiger partial charge in [-0.3, -0.25) is 0 Å². The zero-order valence-electron chi connectivity index (χ0n) is 8.58. The molecule has 0 atom stereocenters. The van der Waals surface area contributed by atoms with Gasteiger partial charge in [-0.25, -0.2) is 4.39 Å². The Bertz CT molecular complexity index is 546. The first-order chi connectivity index (χ1) is 8.09. The second-order valence-corrected chi connectivity index (χ2v) is 4.10. The highest BCUT2D eigenvalue weighted by Gasteiger charge is 2.16. The molecule has 0 spiro atoms. The van der Waals surface area contributed by atoms with Crippen LogP contribution >= 0.6 is 23.2 Å². The van der Waals surface area contributed by atoms with Gasteiger partial charge in [0.1, 0.15) is 10.8 Å². The van der Waals surface area contributed by atoms with E-state index in [1.807, 2.05) is 6.07 Å². The molecular weight excluding hydrogens is 264 g/mol. The van der Waals surface area contributed by atoms with Crippen LogP contribution in [0, 0.1) is 5.82 Å². The van der Waals surface area contributed by atoms with E-state index in [0.717, 1.165) is 0 Å². The third kappa shape index (κ3) is 2.46. The van der Waals surface area contributed by atoms with Gasteiger partial charge in [-0.05, 0) is 18.2 Å². The van der Waals surface area contributed by atoms with Crippen molar-refractivity contribution < 1.29 is 9.13 Å². The lowest BCUT2D eigenvalue weighted by Crippen LogP contribution is -1.95. The molecule has 2 nitrogen and oxygen atoms in total. The van der Waals surface area contributed by atoms with Crippen molar-refractivity contribution in [1.82, 2.24) is 0 Å². The number of para-hydroxylation sites is 1. The highest BCUT2D eigenvalue weighted by atomic mass is 35.5.